The Morgan fingerprint density at radius 2 is 2.08 bits per heavy atom. The number of hydrogen-bond acceptors (Lipinski definition) is 4. The maximum absolute atomic E-state index is 12.2. The summed E-state index contributed by atoms with van der Waals surface area (Å²) in [6.45, 7) is 4.38. The summed E-state index contributed by atoms with van der Waals surface area (Å²) in [5.41, 5.74) is 2.08. The van der Waals surface area contributed by atoms with Crippen molar-refractivity contribution in [2.24, 2.45) is 0 Å². The first-order valence-corrected chi connectivity index (χ1v) is 9.92. The lowest BCUT2D eigenvalue weighted by Crippen LogP contribution is -2.30. The van der Waals surface area contributed by atoms with Crippen LogP contribution in [0.5, 0.6) is 0 Å². The van der Waals surface area contributed by atoms with Crippen molar-refractivity contribution >= 4 is 35.0 Å². The zero-order valence-corrected chi connectivity index (χ0v) is 16.3. The molecule has 1 atom stereocenters. The zero-order valence-electron chi connectivity index (χ0n) is 14.8. The van der Waals surface area contributed by atoms with Crippen molar-refractivity contribution in [2.75, 3.05) is 44.5 Å². The third-order valence-electron chi connectivity index (χ3n) is 4.06. The van der Waals surface area contributed by atoms with Gasteiger partial charge in [0.2, 0.25) is 5.91 Å². The van der Waals surface area contributed by atoms with Crippen LogP contribution in [0.2, 0.25) is 5.02 Å². The SMILES string of the molecule is CCCCOCCCN1C(=O)CSC1c1ccc(N(C)C)cc1Cl. The molecule has 2 rings (SSSR count). The summed E-state index contributed by atoms with van der Waals surface area (Å²) < 4.78 is 5.60. The van der Waals surface area contributed by atoms with Crippen molar-refractivity contribution in [3.05, 3.63) is 28.8 Å². The highest BCUT2D eigenvalue weighted by molar-refractivity contribution is 8.00. The van der Waals surface area contributed by atoms with Gasteiger partial charge in [-0.15, -0.1) is 11.8 Å². The summed E-state index contributed by atoms with van der Waals surface area (Å²) in [6.07, 6.45) is 3.10. The number of ether oxygens (including phenoxy) is 1. The lowest BCUT2D eigenvalue weighted by molar-refractivity contribution is -0.128. The highest BCUT2D eigenvalue weighted by Crippen LogP contribution is 2.42. The molecule has 1 saturated heterocycles. The Balaban J connectivity index is 1.97. The van der Waals surface area contributed by atoms with E-state index in [-0.39, 0.29) is 11.3 Å². The minimum Gasteiger partial charge on any atom is -0.381 e. The molecule has 0 saturated carbocycles. The van der Waals surface area contributed by atoms with Gasteiger partial charge in [0.05, 0.1) is 5.75 Å². The lowest BCUT2D eigenvalue weighted by Gasteiger charge is -2.25. The van der Waals surface area contributed by atoms with Gasteiger partial charge < -0.3 is 14.5 Å². The largest absolute Gasteiger partial charge is 0.381 e. The number of thioether (sulfide) groups is 1. The van der Waals surface area contributed by atoms with E-state index in [0.717, 1.165) is 42.1 Å². The fraction of sp³-hybridized carbons (Fsp3) is 0.611. The number of benzene rings is 1. The van der Waals surface area contributed by atoms with Gasteiger partial charge in [0.25, 0.3) is 0 Å². The normalized spacial score (nSPS) is 17.6. The van der Waals surface area contributed by atoms with E-state index in [2.05, 4.69) is 13.0 Å². The van der Waals surface area contributed by atoms with Crippen LogP contribution in [0.1, 0.15) is 37.1 Å². The average Bonchev–Trinajstić information content (AvgIpc) is 2.91. The molecule has 1 unspecified atom stereocenters. The van der Waals surface area contributed by atoms with Crippen molar-refractivity contribution in [1.82, 2.24) is 4.90 Å². The van der Waals surface area contributed by atoms with Gasteiger partial charge in [-0.2, -0.15) is 0 Å². The number of carbonyl (C=O) groups is 1. The molecule has 0 spiro atoms. The predicted molar refractivity (Wildman–Crippen MR) is 103 cm³/mol. The second kappa shape index (κ2) is 9.54. The first-order chi connectivity index (χ1) is 11.5. The molecule has 0 bridgehead atoms. The van der Waals surface area contributed by atoms with Crippen molar-refractivity contribution in [3.63, 3.8) is 0 Å². The molecule has 1 amide bonds. The van der Waals surface area contributed by atoms with Gasteiger partial charge in [-0.25, -0.2) is 0 Å². The molecule has 0 aromatic heterocycles. The molecule has 0 aliphatic carbocycles. The summed E-state index contributed by atoms with van der Waals surface area (Å²) in [4.78, 5) is 16.2. The van der Waals surface area contributed by atoms with Crippen LogP contribution in [-0.4, -0.2) is 50.4 Å². The van der Waals surface area contributed by atoms with E-state index in [1.165, 1.54) is 0 Å². The molecule has 24 heavy (non-hydrogen) atoms. The fourth-order valence-electron chi connectivity index (χ4n) is 2.63. The van der Waals surface area contributed by atoms with Crippen LogP contribution >= 0.6 is 23.4 Å². The molecular weight excluding hydrogens is 344 g/mol. The van der Waals surface area contributed by atoms with Crippen molar-refractivity contribution in [2.45, 2.75) is 31.6 Å². The van der Waals surface area contributed by atoms with Crippen LogP contribution in [-0.2, 0) is 9.53 Å². The Morgan fingerprint density at radius 3 is 2.75 bits per heavy atom. The molecule has 0 N–H and O–H groups in total. The third kappa shape index (κ3) is 5.04. The highest BCUT2D eigenvalue weighted by Gasteiger charge is 2.33. The summed E-state index contributed by atoms with van der Waals surface area (Å²) in [5.74, 6) is 0.707. The predicted octanol–water partition coefficient (Wildman–Crippen LogP) is 4.19. The summed E-state index contributed by atoms with van der Waals surface area (Å²) in [5, 5.41) is 0.731. The number of anilines is 1. The Bertz CT molecular complexity index is 554. The number of hydrogen-bond donors (Lipinski definition) is 0. The fourth-order valence-corrected chi connectivity index (χ4v) is 4.23. The van der Waals surface area contributed by atoms with Crippen LogP contribution < -0.4 is 4.90 Å². The number of unbranched alkanes of at least 4 members (excludes halogenated alkanes) is 1. The minimum absolute atomic E-state index is 0.0110. The number of nitrogens with zero attached hydrogens (tertiary/aromatic N) is 2. The van der Waals surface area contributed by atoms with E-state index in [1.807, 2.05) is 36.0 Å². The van der Waals surface area contributed by atoms with Crippen LogP contribution in [0.3, 0.4) is 0 Å². The standard InChI is InChI=1S/C18H27ClN2O2S/c1-4-5-10-23-11-6-9-21-17(22)13-24-18(21)15-8-7-14(20(2)3)12-16(15)19/h7-8,12,18H,4-6,9-11,13H2,1-3H3. The first kappa shape index (κ1) is 19.4. The molecule has 0 radical (unpaired) electrons. The molecule has 1 aliphatic rings. The van der Waals surface area contributed by atoms with E-state index in [0.29, 0.717) is 18.9 Å². The van der Waals surface area contributed by atoms with Crippen molar-refractivity contribution < 1.29 is 9.53 Å². The number of carbonyl (C=O) groups excluding carboxylic acids is 1. The molecule has 1 aliphatic heterocycles. The van der Waals surface area contributed by atoms with Crippen LogP contribution in [0, 0.1) is 0 Å². The topological polar surface area (TPSA) is 32.8 Å². The lowest BCUT2D eigenvalue weighted by atomic mass is 10.1. The Hall–Kier alpha value is -0.910. The summed E-state index contributed by atoms with van der Waals surface area (Å²) in [6, 6.07) is 6.06. The van der Waals surface area contributed by atoms with Gasteiger partial charge in [-0.1, -0.05) is 31.0 Å². The molecule has 134 valence electrons. The van der Waals surface area contributed by atoms with Crippen molar-refractivity contribution in [1.29, 1.82) is 0 Å². The minimum atomic E-state index is 0.0110. The number of rotatable bonds is 9. The van der Waals surface area contributed by atoms with E-state index >= 15 is 0 Å². The first-order valence-electron chi connectivity index (χ1n) is 8.50. The van der Waals surface area contributed by atoms with E-state index in [1.54, 1.807) is 11.8 Å². The second-order valence-electron chi connectivity index (χ2n) is 6.17. The molecular formula is C18H27ClN2O2S. The van der Waals surface area contributed by atoms with E-state index < -0.39 is 0 Å². The molecule has 4 nitrogen and oxygen atoms in total. The summed E-state index contributed by atoms with van der Waals surface area (Å²) >= 11 is 8.13. The van der Waals surface area contributed by atoms with Crippen molar-refractivity contribution in [3.8, 4) is 0 Å². The van der Waals surface area contributed by atoms with Crippen LogP contribution in [0.15, 0.2) is 18.2 Å². The number of amides is 1. The highest BCUT2D eigenvalue weighted by atomic mass is 35.5. The maximum Gasteiger partial charge on any atom is 0.233 e. The molecule has 1 aromatic carbocycles. The van der Waals surface area contributed by atoms with Gasteiger partial charge in [0.1, 0.15) is 5.37 Å². The number of halogens is 1. The Labute approximate surface area is 154 Å². The molecule has 6 heteroatoms. The van der Waals surface area contributed by atoms with Gasteiger partial charge in [0, 0.05) is 50.1 Å². The van der Waals surface area contributed by atoms with E-state index in [4.69, 9.17) is 16.3 Å². The van der Waals surface area contributed by atoms with Crippen LogP contribution in [0.4, 0.5) is 5.69 Å². The molecule has 1 fully saturated rings. The van der Waals surface area contributed by atoms with Gasteiger partial charge in [0.15, 0.2) is 0 Å². The Kier molecular flexibility index (Phi) is 7.72. The monoisotopic (exact) mass is 370 g/mol. The Morgan fingerprint density at radius 1 is 1.33 bits per heavy atom. The molecule has 1 aromatic rings. The second-order valence-corrected chi connectivity index (χ2v) is 7.65. The average molecular weight is 371 g/mol. The zero-order chi connectivity index (χ0) is 17.5. The van der Waals surface area contributed by atoms with Gasteiger partial charge in [-0.3, -0.25) is 4.79 Å². The smallest absolute Gasteiger partial charge is 0.233 e. The van der Waals surface area contributed by atoms with Crippen LogP contribution in [0.25, 0.3) is 0 Å². The molecule has 1 heterocycles. The van der Waals surface area contributed by atoms with Gasteiger partial charge in [-0.05, 0) is 25.0 Å². The van der Waals surface area contributed by atoms with E-state index in [9.17, 15) is 4.79 Å². The summed E-state index contributed by atoms with van der Waals surface area (Å²) in [7, 11) is 3.98. The maximum atomic E-state index is 12.2. The van der Waals surface area contributed by atoms with Gasteiger partial charge >= 0.3 is 0 Å². The quantitative estimate of drug-likeness (QED) is 0.610. The third-order valence-corrected chi connectivity index (χ3v) is 5.63.